The van der Waals surface area contributed by atoms with Gasteiger partial charge in [-0.25, -0.2) is 4.98 Å². The summed E-state index contributed by atoms with van der Waals surface area (Å²) >= 11 is 1.17. The van der Waals surface area contributed by atoms with E-state index >= 15 is 0 Å². The monoisotopic (exact) mass is 340 g/mol. The van der Waals surface area contributed by atoms with Crippen LogP contribution in [0.5, 0.6) is 0 Å². The summed E-state index contributed by atoms with van der Waals surface area (Å²) in [6.07, 6.45) is 0. The third kappa shape index (κ3) is 3.83. The molecule has 0 saturated heterocycles. The molecular formula is C18H16N2O3S. The van der Waals surface area contributed by atoms with Gasteiger partial charge >= 0.3 is 5.97 Å². The number of aromatic amines is 1. The average Bonchev–Trinajstić information content (AvgIpc) is 2.60. The second-order valence-corrected chi connectivity index (χ2v) is 6.57. The van der Waals surface area contributed by atoms with Crippen LogP contribution in [0.25, 0.3) is 10.9 Å². The SMILES string of the molecule is CC(Sc1nc2ccccc2c(=O)[nH]1)C(=O)OCc1ccccc1. The summed E-state index contributed by atoms with van der Waals surface area (Å²) in [6.45, 7) is 1.96. The zero-order chi connectivity index (χ0) is 16.9. The molecule has 1 N–H and O–H groups in total. The van der Waals surface area contributed by atoms with E-state index in [9.17, 15) is 9.59 Å². The van der Waals surface area contributed by atoms with E-state index in [0.717, 1.165) is 5.56 Å². The third-order valence-electron chi connectivity index (χ3n) is 3.44. The van der Waals surface area contributed by atoms with E-state index in [-0.39, 0.29) is 18.1 Å². The molecule has 0 aliphatic rings. The Bertz CT molecular complexity index is 909. The largest absolute Gasteiger partial charge is 0.460 e. The van der Waals surface area contributed by atoms with Gasteiger partial charge in [0.2, 0.25) is 0 Å². The van der Waals surface area contributed by atoms with E-state index in [1.54, 1.807) is 25.1 Å². The lowest BCUT2D eigenvalue weighted by atomic mass is 10.2. The fourth-order valence-electron chi connectivity index (χ4n) is 2.18. The van der Waals surface area contributed by atoms with Crippen molar-refractivity contribution in [1.82, 2.24) is 9.97 Å². The lowest BCUT2D eigenvalue weighted by Crippen LogP contribution is -2.18. The number of benzene rings is 2. The Kier molecular flexibility index (Phi) is 4.96. The minimum atomic E-state index is -0.474. The van der Waals surface area contributed by atoms with E-state index in [1.807, 2.05) is 36.4 Å². The minimum Gasteiger partial charge on any atom is -0.460 e. The van der Waals surface area contributed by atoms with Crippen LogP contribution >= 0.6 is 11.8 Å². The summed E-state index contributed by atoms with van der Waals surface area (Å²) in [6, 6.07) is 16.6. The van der Waals surface area contributed by atoms with Crippen molar-refractivity contribution in [3.05, 3.63) is 70.5 Å². The number of carbonyl (C=O) groups is 1. The number of nitrogens with zero attached hydrogens (tertiary/aromatic N) is 1. The van der Waals surface area contributed by atoms with Gasteiger partial charge in [0.25, 0.3) is 5.56 Å². The number of ether oxygens (including phenoxy) is 1. The number of hydrogen-bond acceptors (Lipinski definition) is 5. The first-order chi connectivity index (χ1) is 11.6. The molecule has 122 valence electrons. The molecule has 3 aromatic rings. The van der Waals surface area contributed by atoms with Crippen LogP contribution in [-0.4, -0.2) is 21.2 Å². The normalized spacial score (nSPS) is 12.0. The summed E-state index contributed by atoms with van der Waals surface area (Å²) in [4.78, 5) is 31.2. The number of aromatic nitrogens is 2. The second-order valence-electron chi connectivity index (χ2n) is 5.24. The molecule has 3 rings (SSSR count). The van der Waals surface area contributed by atoms with Gasteiger partial charge in [0, 0.05) is 0 Å². The van der Waals surface area contributed by atoms with Crippen molar-refractivity contribution < 1.29 is 9.53 Å². The van der Waals surface area contributed by atoms with Gasteiger partial charge in [-0.05, 0) is 24.6 Å². The molecule has 0 spiro atoms. The molecule has 0 aliphatic heterocycles. The van der Waals surface area contributed by atoms with E-state index in [4.69, 9.17) is 4.74 Å². The number of rotatable bonds is 5. The van der Waals surface area contributed by atoms with Crippen molar-refractivity contribution in [2.45, 2.75) is 23.9 Å². The number of hydrogen-bond donors (Lipinski definition) is 1. The second kappa shape index (κ2) is 7.31. The molecule has 0 amide bonds. The molecular weight excluding hydrogens is 324 g/mol. The van der Waals surface area contributed by atoms with Crippen LogP contribution in [-0.2, 0) is 16.1 Å². The van der Waals surface area contributed by atoms with Crippen molar-refractivity contribution in [3.8, 4) is 0 Å². The van der Waals surface area contributed by atoms with Crippen LogP contribution in [0, 0.1) is 0 Å². The molecule has 0 radical (unpaired) electrons. The lowest BCUT2D eigenvalue weighted by Gasteiger charge is -2.11. The van der Waals surface area contributed by atoms with E-state index in [2.05, 4.69) is 9.97 Å². The fraction of sp³-hybridized carbons (Fsp3) is 0.167. The molecule has 0 aliphatic carbocycles. The van der Waals surface area contributed by atoms with Crippen LogP contribution in [0.15, 0.2) is 64.5 Å². The fourth-order valence-corrected chi connectivity index (χ4v) is 2.98. The molecule has 6 heteroatoms. The lowest BCUT2D eigenvalue weighted by molar-refractivity contribution is -0.143. The Morgan fingerprint density at radius 2 is 1.88 bits per heavy atom. The maximum absolute atomic E-state index is 12.1. The zero-order valence-electron chi connectivity index (χ0n) is 13.1. The Hall–Kier alpha value is -2.60. The summed E-state index contributed by atoms with van der Waals surface area (Å²) in [7, 11) is 0. The molecule has 0 bridgehead atoms. The maximum atomic E-state index is 12.1. The minimum absolute atomic E-state index is 0.215. The van der Waals surface area contributed by atoms with Gasteiger partial charge in [0.15, 0.2) is 5.16 Å². The van der Waals surface area contributed by atoms with Gasteiger partial charge < -0.3 is 9.72 Å². The quantitative estimate of drug-likeness (QED) is 0.439. The Morgan fingerprint density at radius 3 is 2.67 bits per heavy atom. The highest BCUT2D eigenvalue weighted by molar-refractivity contribution is 8.00. The smallest absolute Gasteiger partial charge is 0.319 e. The van der Waals surface area contributed by atoms with Gasteiger partial charge in [-0.3, -0.25) is 9.59 Å². The van der Waals surface area contributed by atoms with Gasteiger partial charge in [-0.15, -0.1) is 0 Å². The van der Waals surface area contributed by atoms with E-state index in [0.29, 0.717) is 16.1 Å². The standard InChI is InChI=1S/C18H16N2O3S/c1-12(17(22)23-11-13-7-3-2-4-8-13)24-18-19-15-10-6-5-9-14(15)16(21)20-18/h2-10,12H,11H2,1H3,(H,19,20,21). The molecule has 2 aromatic carbocycles. The van der Waals surface area contributed by atoms with Crippen molar-refractivity contribution in [2.75, 3.05) is 0 Å². The Balaban J connectivity index is 1.67. The third-order valence-corrected chi connectivity index (χ3v) is 4.40. The number of nitrogens with one attached hydrogen (secondary N) is 1. The predicted molar refractivity (Wildman–Crippen MR) is 93.9 cm³/mol. The molecule has 24 heavy (non-hydrogen) atoms. The van der Waals surface area contributed by atoms with Crippen LogP contribution < -0.4 is 5.56 Å². The number of para-hydroxylation sites is 1. The van der Waals surface area contributed by atoms with Gasteiger partial charge in [-0.2, -0.15) is 0 Å². The van der Waals surface area contributed by atoms with Crippen molar-refractivity contribution in [2.24, 2.45) is 0 Å². The molecule has 0 fully saturated rings. The maximum Gasteiger partial charge on any atom is 0.319 e. The van der Waals surface area contributed by atoms with Gasteiger partial charge in [0.1, 0.15) is 11.9 Å². The highest BCUT2D eigenvalue weighted by Crippen LogP contribution is 2.21. The number of fused-ring (bicyclic) bond motifs is 1. The summed E-state index contributed by atoms with van der Waals surface area (Å²) in [5, 5.41) is 0.460. The Labute approximate surface area is 143 Å². The van der Waals surface area contributed by atoms with Crippen LogP contribution in [0.3, 0.4) is 0 Å². The average molecular weight is 340 g/mol. The molecule has 1 atom stereocenters. The summed E-state index contributed by atoms with van der Waals surface area (Å²) in [5.41, 5.74) is 1.32. The van der Waals surface area contributed by atoms with Crippen LogP contribution in [0.2, 0.25) is 0 Å². The van der Waals surface area contributed by atoms with E-state index < -0.39 is 5.25 Å². The van der Waals surface area contributed by atoms with Gasteiger partial charge in [0.05, 0.1) is 10.9 Å². The van der Waals surface area contributed by atoms with Crippen LogP contribution in [0.1, 0.15) is 12.5 Å². The molecule has 1 heterocycles. The number of carbonyl (C=O) groups excluding carboxylic acids is 1. The number of H-pyrrole nitrogens is 1. The molecule has 0 saturated carbocycles. The number of esters is 1. The topological polar surface area (TPSA) is 72.0 Å². The highest BCUT2D eigenvalue weighted by Gasteiger charge is 2.18. The number of thioether (sulfide) groups is 1. The van der Waals surface area contributed by atoms with Crippen molar-refractivity contribution in [1.29, 1.82) is 0 Å². The Morgan fingerprint density at radius 1 is 1.17 bits per heavy atom. The van der Waals surface area contributed by atoms with Crippen molar-refractivity contribution >= 4 is 28.6 Å². The first kappa shape index (κ1) is 16.3. The summed E-state index contributed by atoms with van der Waals surface area (Å²) in [5.74, 6) is -0.348. The van der Waals surface area contributed by atoms with Gasteiger partial charge in [-0.1, -0.05) is 54.2 Å². The van der Waals surface area contributed by atoms with E-state index in [1.165, 1.54) is 11.8 Å². The first-order valence-corrected chi connectivity index (χ1v) is 8.38. The highest BCUT2D eigenvalue weighted by atomic mass is 32.2. The predicted octanol–water partition coefficient (Wildman–Crippen LogP) is 3.15. The molecule has 1 unspecified atom stereocenters. The van der Waals surface area contributed by atoms with Crippen molar-refractivity contribution in [3.63, 3.8) is 0 Å². The first-order valence-electron chi connectivity index (χ1n) is 7.50. The summed E-state index contributed by atoms with van der Waals surface area (Å²) < 4.78 is 5.30. The zero-order valence-corrected chi connectivity index (χ0v) is 13.9. The molecule has 1 aromatic heterocycles. The molecule has 5 nitrogen and oxygen atoms in total. The van der Waals surface area contributed by atoms with Crippen LogP contribution in [0.4, 0.5) is 0 Å².